The van der Waals surface area contributed by atoms with Crippen molar-refractivity contribution in [3.8, 4) is 22.6 Å². The highest BCUT2D eigenvalue weighted by Gasteiger charge is 2.12. The number of hydrogen-bond acceptors (Lipinski definition) is 2. The van der Waals surface area contributed by atoms with Gasteiger partial charge in [-0.3, -0.25) is 0 Å². The van der Waals surface area contributed by atoms with Gasteiger partial charge in [0.2, 0.25) is 0 Å². The predicted octanol–water partition coefficient (Wildman–Crippen LogP) is 5.42. The molecule has 0 atom stereocenters. The molecule has 0 radical (unpaired) electrons. The van der Waals surface area contributed by atoms with Crippen LogP contribution in [0.25, 0.3) is 11.1 Å². The molecule has 0 aromatic heterocycles. The lowest BCUT2D eigenvalue weighted by Gasteiger charge is -2.17. The number of hydrogen-bond donors (Lipinski definition) is 0. The van der Waals surface area contributed by atoms with E-state index in [9.17, 15) is 0 Å². The minimum Gasteiger partial charge on any atom is -0.474 e. The van der Waals surface area contributed by atoms with E-state index in [0.717, 1.165) is 22.6 Å². The Hall–Kier alpha value is -1.10. The summed E-state index contributed by atoms with van der Waals surface area (Å²) in [5.41, 5.74) is 2.19. The SMILES string of the molecule is CP(C)Oc1ccccc1-c1ccccc1OP(C)C. The summed E-state index contributed by atoms with van der Waals surface area (Å²) >= 11 is 0. The molecule has 0 fully saturated rings. The molecule has 0 aliphatic heterocycles. The molecule has 0 spiro atoms. The fourth-order valence-electron chi connectivity index (χ4n) is 1.93. The minimum absolute atomic E-state index is 0.446. The van der Waals surface area contributed by atoms with Crippen LogP contribution in [0, 0.1) is 0 Å². The highest BCUT2D eigenvalue weighted by Crippen LogP contribution is 2.43. The third-order valence-corrected chi connectivity index (χ3v) is 3.75. The maximum Gasteiger partial charge on any atom is 0.131 e. The van der Waals surface area contributed by atoms with Crippen molar-refractivity contribution in [1.29, 1.82) is 0 Å². The van der Waals surface area contributed by atoms with Gasteiger partial charge in [0, 0.05) is 11.1 Å². The Morgan fingerprint density at radius 2 is 0.950 bits per heavy atom. The van der Waals surface area contributed by atoms with E-state index in [1.54, 1.807) is 0 Å². The van der Waals surface area contributed by atoms with Crippen molar-refractivity contribution >= 4 is 16.3 Å². The average Bonchev–Trinajstić information content (AvgIpc) is 2.39. The molecule has 2 aromatic carbocycles. The lowest BCUT2D eigenvalue weighted by atomic mass is 10.0. The van der Waals surface area contributed by atoms with Crippen LogP contribution in [0.3, 0.4) is 0 Å². The van der Waals surface area contributed by atoms with Crippen LogP contribution in [-0.4, -0.2) is 26.7 Å². The molecule has 0 unspecified atom stereocenters. The zero-order valence-electron chi connectivity index (χ0n) is 12.3. The van der Waals surface area contributed by atoms with Crippen molar-refractivity contribution in [1.82, 2.24) is 0 Å². The maximum absolute atomic E-state index is 5.97. The first-order valence-electron chi connectivity index (χ1n) is 6.47. The van der Waals surface area contributed by atoms with Crippen LogP contribution in [-0.2, 0) is 0 Å². The van der Waals surface area contributed by atoms with Gasteiger partial charge in [0.25, 0.3) is 0 Å². The van der Waals surface area contributed by atoms with Gasteiger partial charge in [-0.25, -0.2) is 0 Å². The van der Waals surface area contributed by atoms with Gasteiger partial charge in [-0.1, -0.05) is 36.4 Å². The maximum atomic E-state index is 5.97. The van der Waals surface area contributed by atoms with E-state index in [0.29, 0.717) is 0 Å². The van der Waals surface area contributed by atoms with Crippen molar-refractivity contribution < 1.29 is 9.05 Å². The lowest BCUT2D eigenvalue weighted by Crippen LogP contribution is -1.91. The molecular formula is C16H20O2P2. The second-order valence-corrected chi connectivity index (χ2v) is 8.41. The van der Waals surface area contributed by atoms with Crippen molar-refractivity contribution in [2.75, 3.05) is 26.7 Å². The Morgan fingerprint density at radius 1 is 0.600 bits per heavy atom. The molecule has 2 rings (SSSR count). The number of rotatable bonds is 5. The van der Waals surface area contributed by atoms with Gasteiger partial charge in [0.15, 0.2) is 0 Å². The van der Waals surface area contributed by atoms with Crippen molar-refractivity contribution in [3.05, 3.63) is 48.5 Å². The Kier molecular flexibility index (Phi) is 5.40. The summed E-state index contributed by atoms with van der Waals surface area (Å²) < 4.78 is 11.9. The Bertz CT molecular complexity index is 516. The molecule has 20 heavy (non-hydrogen) atoms. The largest absolute Gasteiger partial charge is 0.474 e. The third kappa shape index (κ3) is 3.95. The molecular weight excluding hydrogens is 286 g/mol. The zero-order chi connectivity index (χ0) is 14.5. The van der Waals surface area contributed by atoms with E-state index in [-0.39, 0.29) is 0 Å². The molecule has 0 saturated carbocycles. The topological polar surface area (TPSA) is 18.5 Å². The second-order valence-electron chi connectivity index (χ2n) is 4.80. The summed E-state index contributed by atoms with van der Waals surface area (Å²) in [6.07, 6.45) is 0. The minimum atomic E-state index is -0.446. The molecule has 0 bridgehead atoms. The standard InChI is InChI=1S/C16H20O2P2/c1-19(2)17-15-11-7-5-9-13(15)14-10-6-8-12-16(14)18-20(3)4/h5-12H,1-4H3. The van der Waals surface area contributed by atoms with Gasteiger partial charge in [0.1, 0.15) is 11.5 Å². The lowest BCUT2D eigenvalue weighted by molar-refractivity contribution is 0.616. The first kappa shape index (κ1) is 15.3. The van der Waals surface area contributed by atoms with Gasteiger partial charge in [-0.05, 0) is 38.8 Å². The Morgan fingerprint density at radius 3 is 1.30 bits per heavy atom. The van der Waals surface area contributed by atoms with E-state index in [2.05, 4.69) is 38.8 Å². The molecule has 0 N–H and O–H groups in total. The number of para-hydroxylation sites is 2. The quantitative estimate of drug-likeness (QED) is 0.686. The normalized spacial score (nSPS) is 10.9. The van der Waals surface area contributed by atoms with Crippen molar-refractivity contribution in [2.24, 2.45) is 0 Å². The fraction of sp³-hybridized carbons (Fsp3) is 0.250. The summed E-state index contributed by atoms with van der Waals surface area (Å²) in [5.74, 6) is 1.85. The zero-order valence-corrected chi connectivity index (χ0v) is 14.1. The smallest absolute Gasteiger partial charge is 0.131 e. The van der Waals surface area contributed by atoms with Crippen LogP contribution in [0.15, 0.2) is 48.5 Å². The van der Waals surface area contributed by atoms with Crippen LogP contribution < -0.4 is 9.05 Å². The summed E-state index contributed by atoms with van der Waals surface area (Å²) in [6.45, 7) is 8.41. The summed E-state index contributed by atoms with van der Waals surface area (Å²) in [7, 11) is -0.893. The molecule has 4 heteroatoms. The molecule has 0 saturated heterocycles. The van der Waals surface area contributed by atoms with E-state index in [4.69, 9.17) is 9.05 Å². The van der Waals surface area contributed by atoms with E-state index in [1.807, 2.05) is 36.4 Å². The highest BCUT2D eigenvalue weighted by atomic mass is 31.1. The molecule has 0 aliphatic rings. The van der Waals surface area contributed by atoms with Gasteiger partial charge in [0.05, 0.1) is 16.3 Å². The van der Waals surface area contributed by atoms with Crippen LogP contribution in [0.5, 0.6) is 11.5 Å². The van der Waals surface area contributed by atoms with Crippen LogP contribution in [0.1, 0.15) is 0 Å². The van der Waals surface area contributed by atoms with Crippen LogP contribution in [0.4, 0.5) is 0 Å². The van der Waals surface area contributed by atoms with E-state index < -0.39 is 16.3 Å². The molecule has 0 heterocycles. The van der Waals surface area contributed by atoms with Gasteiger partial charge in [-0.15, -0.1) is 0 Å². The highest BCUT2D eigenvalue weighted by molar-refractivity contribution is 7.51. The molecule has 0 amide bonds. The van der Waals surface area contributed by atoms with Crippen molar-refractivity contribution in [2.45, 2.75) is 0 Å². The van der Waals surface area contributed by atoms with Crippen molar-refractivity contribution in [3.63, 3.8) is 0 Å². The third-order valence-electron chi connectivity index (χ3n) is 2.63. The molecule has 106 valence electrons. The molecule has 2 aromatic rings. The first-order chi connectivity index (χ1) is 9.58. The van der Waals surface area contributed by atoms with Crippen LogP contribution >= 0.6 is 16.3 Å². The van der Waals surface area contributed by atoms with Gasteiger partial charge < -0.3 is 9.05 Å². The summed E-state index contributed by atoms with van der Waals surface area (Å²) in [5, 5.41) is 0. The monoisotopic (exact) mass is 306 g/mol. The Balaban J connectivity index is 2.46. The van der Waals surface area contributed by atoms with Gasteiger partial charge >= 0.3 is 0 Å². The Labute approximate surface area is 123 Å². The van der Waals surface area contributed by atoms with Crippen LogP contribution in [0.2, 0.25) is 0 Å². The first-order valence-corrected chi connectivity index (χ1v) is 10.8. The van der Waals surface area contributed by atoms with E-state index in [1.165, 1.54) is 0 Å². The number of benzene rings is 2. The fourth-order valence-corrected chi connectivity index (χ4v) is 3.04. The summed E-state index contributed by atoms with van der Waals surface area (Å²) in [4.78, 5) is 0. The molecule has 2 nitrogen and oxygen atoms in total. The predicted molar refractivity (Wildman–Crippen MR) is 90.7 cm³/mol. The average molecular weight is 306 g/mol. The summed E-state index contributed by atoms with van der Waals surface area (Å²) in [6, 6.07) is 16.3. The molecule has 0 aliphatic carbocycles. The second kappa shape index (κ2) is 7.07. The van der Waals surface area contributed by atoms with E-state index >= 15 is 0 Å². The van der Waals surface area contributed by atoms with Gasteiger partial charge in [-0.2, -0.15) is 0 Å².